The van der Waals surface area contributed by atoms with Crippen LogP contribution in [0.3, 0.4) is 0 Å². The van der Waals surface area contributed by atoms with Crippen LogP contribution in [0.1, 0.15) is 71.6 Å². The molecule has 1 N–H and O–H groups in total. The number of likely N-dealkylation sites (tertiary alicyclic amines) is 1. The molecule has 2 amide bonds. The summed E-state index contributed by atoms with van der Waals surface area (Å²) in [6.45, 7) is 13.7. The lowest BCUT2D eigenvalue weighted by Gasteiger charge is -2.40. The predicted molar refractivity (Wildman–Crippen MR) is 148 cm³/mol. The van der Waals surface area contributed by atoms with E-state index in [1.165, 1.54) is 0 Å². The third-order valence-electron chi connectivity index (χ3n) is 8.30. The summed E-state index contributed by atoms with van der Waals surface area (Å²) in [7, 11) is 0. The van der Waals surface area contributed by atoms with Crippen molar-refractivity contribution in [2.45, 2.75) is 87.7 Å². The fourth-order valence-electron chi connectivity index (χ4n) is 6.53. The second-order valence-electron chi connectivity index (χ2n) is 10.7. The summed E-state index contributed by atoms with van der Waals surface area (Å²) in [4.78, 5) is 45.2. The fourth-order valence-corrected chi connectivity index (χ4v) is 8.94. The maximum absolute atomic E-state index is 14.2. The third kappa shape index (κ3) is 5.95. The van der Waals surface area contributed by atoms with Crippen LogP contribution >= 0.6 is 11.8 Å². The van der Waals surface area contributed by atoms with Gasteiger partial charge in [-0.1, -0.05) is 38.8 Å². The lowest BCUT2D eigenvalue weighted by Crippen LogP contribution is -2.57. The van der Waals surface area contributed by atoms with E-state index in [2.05, 4.69) is 27.0 Å². The lowest BCUT2D eigenvalue weighted by molar-refractivity contribution is -0.154. The molecular weight excluding hydrogens is 488 g/mol. The van der Waals surface area contributed by atoms with Crippen LogP contribution in [-0.2, 0) is 19.1 Å². The number of aliphatic hydroxyl groups is 1. The number of rotatable bonds is 17. The molecule has 6 atom stereocenters. The molecule has 3 heterocycles. The monoisotopic (exact) mass is 534 g/mol. The molecule has 8 heteroatoms. The number of hydrogen-bond acceptors (Lipinski definition) is 6. The van der Waals surface area contributed by atoms with E-state index in [9.17, 15) is 19.5 Å². The molecule has 2 bridgehead atoms. The summed E-state index contributed by atoms with van der Waals surface area (Å²) in [6.07, 6.45) is 11.2. The number of esters is 1. The topological polar surface area (TPSA) is 87.2 Å². The Labute approximate surface area is 227 Å². The van der Waals surface area contributed by atoms with E-state index in [0.717, 1.165) is 44.9 Å². The molecule has 7 nitrogen and oxygen atoms in total. The van der Waals surface area contributed by atoms with Crippen LogP contribution in [0.5, 0.6) is 0 Å². The number of nitrogens with zero attached hydrogens (tertiary/aromatic N) is 2. The van der Waals surface area contributed by atoms with Crippen molar-refractivity contribution in [1.29, 1.82) is 0 Å². The average molecular weight is 535 g/mol. The molecule has 3 saturated heterocycles. The number of aliphatic hydroxyl groups excluding tert-OH is 1. The molecule has 1 spiro atoms. The second-order valence-corrected chi connectivity index (χ2v) is 12.3. The highest BCUT2D eigenvalue weighted by Gasteiger charge is 2.76. The molecule has 3 fully saturated rings. The van der Waals surface area contributed by atoms with Crippen molar-refractivity contribution in [1.82, 2.24) is 9.80 Å². The van der Waals surface area contributed by atoms with Crippen molar-refractivity contribution in [2.24, 2.45) is 17.8 Å². The van der Waals surface area contributed by atoms with E-state index < -0.39 is 22.6 Å². The smallest absolute Gasteiger partial charge is 0.310 e. The van der Waals surface area contributed by atoms with Crippen molar-refractivity contribution >= 4 is 29.5 Å². The molecule has 0 aromatic heterocycles. The predicted octanol–water partition coefficient (Wildman–Crippen LogP) is 4.20. The molecule has 3 aliphatic heterocycles. The van der Waals surface area contributed by atoms with Gasteiger partial charge in [-0.3, -0.25) is 14.4 Å². The standard InChI is InChI=1S/C29H46N2O5S/c1-5-8-10-14-19-36-28(35)23-22-20-21(4)29(37-22)24(23)26(33)31(17-12-13-18-32)25(29)27(34)30(15-7-3)16-11-9-6-2/h5,7,21-25,32H,1,3,6,8-20H2,2,4H3/t21?,22-,23+,24-,25?,29?/m0/s1. The Hall–Kier alpha value is -1.80. The first-order valence-electron chi connectivity index (χ1n) is 14.1. The first-order chi connectivity index (χ1) is 17.9. The van der Waals surface area contributed by atoms with Crippen LogP contribution in [0.25, 0.3) is 0 Å². The van der Waals surface area contributed by atoms with Gasteiger partial charge in [0.1, 0.15) is 6.04 Å². The number of ether oxygens (including phenoxy) is 1. The zero-order chi connectivity index (χ0) is 27.0. The lowest BCUT2D eigenvalue weighted by atomic mass is 9.66. The maximum atomic E-state index is 14.2. The molecule has 0 aromatic carbocycles. The van der Waals surface area contributed by atoms with E-state index in [4.69, 9.17) is 4.74 Å². The Kier molecular flexibility index (Phi) is 11.1. The molecule has 208 valence electrons. The van der Waals surface area contributed by atoms with Gasteiger partial charge in [0.15, 0.2) is 0 Å². The number of thioether (sulfide) groups is 1. The molecule has 3 rings (SSSR count). The third-order valence-corrected chi connectivity index (χ3v) is 10.4. The molecular formula is C29H46N2O5S. The Morgan fingerprint density at radius 3 is 2.65 bits per heavy atom. The highest BCUT2D eigenvalue weighted by Crippen LogP contribution is 2.68. The molecule has 3 aliphatic rings. The van der Waals surface area contributed by atoms with Gasteiger partial charge >= 0.3 is 5.97 Å². The Balaban J connectivity index is 1.90. The first kappa shape index (κ1) is 29.8. The van der Waals surface area contributed by atoms with Crippen LogP contribution in [0.2, 0.25) is 0 Å². The number of hydrogen-bond donors (Lipinski definition) is 1. The SMILES string of the molecule is C=CCCCCOC(=O)[C@@H]1[C@@H]2CC(C)C3(S2)C(C(=O)N(CC=C)CCCCC)N(CCCCO)C(=O)[C@H]13. The highest BCUT2D eigenvalue weighted by atomic mass is 32.2. The number of unbranched alkanes of at least 4 members (excludes halogenated alkanes) is 5. The van der Waals surface area contributed by atoms with Crippen LogP contribution in [0.15, 0.2) is 25.3 Å². The normalized spacial score (nSPS) is 29.9. The molecule has 3 unspecified atom stereocenters. The summed E-state index contributed by atoms with van der Waals surface area (Å²) >= 11 is 1.69. The van der Waals surface area contributed by atoms with E-state index in [0.29, 0.717) is 39.1 Å². The molecule has 0 aromatic rings. The second kappa shape index (κ2) is 13.8. The largest absolute Gasteiger partial charge is 0.465 e. The average Bonchev–Trinajstić information content (AvgIpc) is 3.47. The van der Waals surface area contributed by atoms with E-state index in [-0.39, 0.29) is 35.6 Å². The molecule has 0 saturated carbocycles. The number of amides is 2. The van der Waals surface area contributed by atoms with Crippen LogP contribution in [-0.4, -0.2) is 81.6 Å². The Morgan fingerprint density at radius 1 is 1.19 bits per heavy atom. The van der Waals surface area contributed by atoms with Crippen molar-refractivity contribution in [3.8, 4) is 0 Å². The quantitative estimate of drug-likeness (QED) is 0.171. The summed E-state index contributed by atoms with van der Waals surface area (Å²) < 4.78 is 5.07. The van der Waals surface area contributed by atoms with Crippen LogP contribution in [0, 0.1) is 17.8 Å². The number of allylic oxidation sites excluding steroid dienone is 1. The summed E-state index contributed by atoms with van der Waals surface area (Å²) in [5.41, 5.74) is 0. The minimum atomic E-state index is -0.630. The maximum Gasteiger partial charge on any atom is 0.310 e. The zero-order valence-corrected chi connectivity index (χ0v) is 23.6. The number of carbonyl (C=O) groups is 3. The Morgan fingerprint density at radius 2 is 1.97 bits per heavy atom. The fraction of sp³-hybridized carbons (Fsp3) is 0.759. The van der Waals surface area contributed by atoms with Gasteiger partial charge in [-0.15, -0.1) is 24.9 Å². The van der Waals surface area contributed by atoms with Gasteiger partial charge in [0.2, 0.25) is 11.8 Å². The van der Waals surface area contributed by atoms with Gasteiger partial charge in [0.25, 0.3) is 0 Å². The molecule has 0 aliphatic carbocycles. The van der Waals surface area contributed by atoms with E-state index in [1.807, 2.05) is 11.0 Å². The minimum Gasteiger partial charge on any atom is -0.465 e. The highest BCUT2D eigenvalue weighted by molar-refractivity contribution is 8.02. The number of carbonyl (C=O) groups excluding carboxylic acids is 3. The van der Waals surface area contributed by atoms with Crippen molar-refractivity contribution < 1.29 is 24.2 Å². The van der Waals surface area contributed by atoms with Crippen LogP contribution in [0.4, 0.5) is 0 Å². The van der Waals surface area contributed by atoms with Gasteiger partial charge in [-0.2, -0.15) is 0 Å². The van der Waals surface area contributed by atoms with Gasteiger partial charge in [0, 0.05) is 31.5 Å². The first-order valence-corrected chi connectivity index (χ1v) is 15.0. The molecule has 37 heavy (non-hydrogen) atoms. The number of fused-ring (bicyclic) bond motifs is 1. The minimum absolute atomic E-state index is 0.00698. The van der Waals surface area contributed by atoms with Gasteiger partial charge in [-0.05, 0) is 50.9 Å². The van der Waals surface area contributed by atoms with Crippen LogP contribution < -0.4 is 0 Å². The van der Waals surface area contributed by atoms with Crippen molar-refractivity contribution in [3.05, 3.63) is 25.3 Å². The van der Waals surface area contributed by atoms with E-state index >= 15 is 0 Å². The van der Waals surface area contributed by atoms with E-state index in [1.54, 1.807) is 22.7 Å². The van der Waals surface area contributed by atoms with Gasteiger partial charge in [-0.25, -0.2) is 0 Å². The van der Waals surface area contributed by atoms with Gasteiger partial charge < -0.3 is 19.6 Å². The molecule has 0 radical (unpaired) electrons. The van der Waals surface area contributed by atoms with Crippen molar-refractivity contribution in [2.75, 3.05) is 32.8 Å². The Bertz CT molecular complexity index is 835. The summed E-state index contributed by atoms with van der Waals surface area (Å²) in [5.74, 6) is -1.35. The summed E-state index contributed by atoms with van der Waals surface area (Å²) in [6, 6.07) is -0.610. The summed E-state index contributed by atoms with van der Waals surface area (Å²) in [5, 5.41) is 9.35. The van der Waals surface area contributed by atoms with Crippen molar-refractivity contribution in [3.63, 3.8) is 0 Å². The zero-order valence-electron chi connectivity index (χ0n) is 22.7. The van der Waals surface area contributed by atoms with Gasteiger partial charge in [0.05, 0.1) is 23.2 Å².